The molecule has 76 valence electrons. The van der Waals surface area contributed by atoms with Crippen molar-refractivity contribution in [1.82, 2.24) is 9.97 Å². The molecule has 0 N–H and O–H groups in total. The molecule has 1 aromatic heterocycles. The average Bonchev–Trinajstić information content (AvgIpc) is 2.84. The fraction of sp³-hybridized carbons (Fsp3) is 0.500. The average molecular weight is 223 g/mol. The predicted octanol–water partition coefficient (Wildman–Crippen LogP) is 2.72. The molecular weight excluding hydrogens is 217 g/mol. The van der Waals surface area contributed by atoms with Gasteiger partial charge in [0.05, 0.1) is 18.1 Å². The highest BCUT2D eigenvalue weighted by Gasteiger charge is 2.65. The van der Waals surface area contributed by atoms with Crippen LogP contribution in [0, 0.1) is 0 Å². The fourth-order valence-electron chi connectivity index (χ4n) is 1.37. The fourth-order valence-corrected chi connectivity index (χ4v) is 1.47. The molecule has 0 bridgehead atoms. The molecule has 1 saturated carbocycles. The van der Waals surface area contributed by atoms with Crippen molar-refractivity contribution in [3.63, 3.8) is 0 Å². The van der Waals surface area contributed by atoms with E-state index in [1.165, 1.54) is 0 Å². The van der Waals surface area contributed by atoms with E-state index >= 15 is 0 Å². The van der Waals surface area contributed by atoms with Crippen molar-refractivity contribution >= 4 is 11.6 Å². The second-order valence-electron chi connectivity index (χ2n) is 3.30. The second-order valence-corrected chi connectivity index (χ2v) is 3.69. The molecule has 1 aliphatic carbocycles. The van der Waals surface area contributed by atoms with Gasteiger partial charge in [0.25, 0.3) is 0 Å². The van der Waals surface area contributed by atoms with Crippen LogP contribution < -0.4 is 0 Å². The number of aromatic nitrogens is 2. The zero-order valence-corrected chi connectivity index (χ0v) is 7.73. The number of hydrogen-bond acceptors (Lipinski definition) is 2. The van der Waals surface area contributed by atoms with Crippen LogP contribution in [-0.4, -0.2) is 16.1 Å². The Hall–Kier alpha value is -0.840. The van der Waals surface area contributed by atoms with Gasteiger partial charge in [0.1, 0.15) is 10.6 Å². The quantitative estimate of drug-likeness (QED) is 0.730. The highest BCUT2D eigenvalue weighted by Crippen LogP contribution is 2.58. The van der Waals surface area contributed by atoms with Crippen LogP contribution in [0.2, 0.25) is 5.15 Å². The van der Waals surface area contributed by atoms with Gasteiger partial charge in [0.2, 0.25) is 0 Å². The van der Waals surface area contributed by atoms with Crippen molar-refractivity contribution in [2.75, 3.05) is 0 Å². The summed E-state index contributed by atoms with van der Waals surface area (Å²) in [5, 5.41) is 0.103. The summed E-state index contributed by atoms with van der Waals surface area (Å²) in [6, 6.07) is 0. The second kappa shape index (κ2) is 2.82. The highest BCUT2D eigenvalue weighted by atomic mass is 35.5. The van der Waals surface area contributed by atoms with Crippen LogP contribution in [0.4, 0.5) is 13.2 Å². The Bertz CT molecular complexity index is 343. The first kappa shape index (κ1) is 9.71. The Morgan fingerprint density at radius 1 is 1.21 bits per heavy atom. The van der Waals surface area contributed by atoms with Crippen LogP contribution in [0.1, 0.15) is 18.5 Å². The Kier molecular flexibility index (Phi) is 1.96. The molecule has 14 heavy (non-hydrogen) atoms. The van der Waals surface area contributed by atoms with E-state index in [1.807, 2.05) is 0 Å². The summed E-state index contributed by atoms with van der Waals surface area (Å²) in [6.07, 6.45) is -1.82. The van der Waals surface area contributed by atoms with Crippen molar-refractivity contribution in [2.24, 2.45) is 0 Å². The van der Waals surface area contributed by atoms with Crippen LogP contribution in [-0.2, 0) is 5.41 Å². The van der Waals surface area contributed by atoms with Crippen LogP contribution >= 0.6 is 11.6 Å². The highest BCUT2D eigenvalue weighted by molar-refractivity contribution is 6.29. The molecule has 6 heteroatoms. The molecule has 0 unspecified atom stereocenters. The summed E-state index contributed by atoms with van der Waals surface area (Å²) >= 11 is 5.44. The number of nitrogens with zero attached hydrogens (tertiary/aromatic N) is 2. The van der Waals surface area contributed by atoms with Gasteiger partial charge < -0.3 is 0 Å². The topological polar surface area (TPSA) is 25.8 Å². The van der Waals surface area contributed by atoms with E-state index in [0.29, 0.717) is 0 Å². The van der Waals surface area contributed by atoms with Gasteiger partial charge >= 0.3 is 6.18 Å². The summed E-state index contributed by atoms with van der Waals surface area (Å²) in [5.74, 6) is 0. The van der Waals surface area contributed by atoms with Crippen molar-refractivity contribution in [3.8, 4) is 0 Å². The van der Waals surface area contributed by atoms with E-state index in [0.717, 1.165) is 12.4 Å². The molecule has 0 spiro atoms. The minimum Gasteiger partial charge on any atom is -0.256 e. The zero-order valence-electron chi connectivity index (χ0n) is 6.98. The van der Waals surface area contributed by atoms with Crippen LogP contribution in [0.15, 0.2) is 12.4 Å². The first-order chi connectivity index (χ1) is 6.46. The number of alkyl halides is 3. The summed E-state index contributed by atoms with van der Waals surface area (Å²) in [7, 11) is 0. The molecule has 1 aromatic rings. The third-order valence-electron chi connectivity index (χ3n) is 2.40. The van der Waals surface area contributed by atoms with E-state index in [4.69, 9.17) is 11.6 Å². The summed E-state index contributed by atoms with van der Waals surface area (Å²) < 4.78 is 37.7. The van der Waals surface area contributed by atoms with Gasteiger partial charge in [-0.3, -0.25) is 4.98 Å². The number of hydrogen-bond donors (Lipinski definition) is 0. The van der Waals surface area contributed by atoms with E-state index in [9.17, 15) is 13.2 Å². The lowest BCUT2D eigenvalue weighted by Crippen LogP contribution is -2.29. The predicted molar refractivity (Wildman–Crippen MR) is 44.0 cm³/mol. The molecule has 0 atom stereocenters. The molecule has 1 fully saturated rings. The van der Waals surface area contributed by atoms with E-state index in [-0.39, 0.29) is 23.7 Å². The summed E-state index contributed by atoms with van der Waals surface area (Å²) in [5.41, 5.74) is -1.79. The number of rotatable bonds is 1. The van der Waals surface area contributed by atoms with Gasteiger partial charge in [0, 0.05) is 0 Å². The first-order valence-electron chi connectivity index (χ1n) is 4.00. The lowest BCUT2D eigenvalue weighted by molar-refractivity contribution is -0.161. The molecule has 0 radical (unpaired) electrons. The third-order valence-corrected chi connectivity index (χ3v) is 2.60. The molecule has 1 aliphatic rings. The molecule has 0 saturated heterocycles. The van der Waals surface area contributed by atoms with Gasteiger partial charge in [-0.05, 0) is 12.8 Å². The van der Waals surface area contributed by atoms with Crippen molar-refractivity contribution < 1.29 is 13.2 Å². The Morgan fingerprint density at radius 2 is 1.86 bits per heavy atom. The zero-order chi connectivity index (χ0) is 10.4. The minimum absolute atomic E-state index is 0.0330. The molecule has 2 nitrogen and oxygen atoms in total. The maximum absolute atomic E-state index is 12.6. The van der Waals surface area contributed by atoms with Crippen LogP contribution in [0.25, 0.3) is 0 Å². The van der Waals surface area contributed by atoms with Crippen molar-refractivity contribution in [2.45, 2.75) is 24.4 Å². The monoisotopic (exact) mass is 222 g/mol. The Balaban J connectivity index is 2.36. The molecule has 1 heterocycles. The van der Waals surface area contributed by atoms with Gasteiger partial charge in [-0.1, -0.05) is 11.6 Å². The van der Waals surface area contributed by atoms with E-state index in [2.05, 4.69) is 9.97 Å². The third kappa shape index (κ3) is 1.35. The lowest BCUT2D eigenvalue weighted by atomic mass is 10.0. The summed E-state index contributed by atoms with van der Waals surface area (Å²) in [4.78, 5) is 7.27. The lowest BCUT2D eigenvalue weighted by Gasteiger charge is -2.17. The minimum atomic E-state index is -4.24. The van der Waals surface area contributed by atoms with Crippen LogP contribution in [0.5, 0.6) is 0 Å². The largest absolute Gasteiger partial charge is 0.400 e. The molecular formula is C8H6ClF3N2. The van der Waals surface area contributed by atoms with Crippen molar-refractivity contribution in [1.29, 1.82) is 0 Å². The van der Waals surface area contributed by atoms with Gasteiger partial charge in [-0.2, -0.15) is 13.2 Å². The van der Waals surface area contributed by atoms with Gasteiger partial charge in [0.15, 0.2) is 0 Å². The molecule has 2 rings (SSSR count). The maximum atomic E-state index is 12.6. The maximum Gasteiger partial charge on any atom is 0.400 e. The standard InChI is InChI=1S/C8H6ClF3N2/c9-6-4-13-5(3-14-6)7(1-2-7)8(10,11)12/h3-4H,1-2H2. The normalized spacial score (nSPS) is 19.4. The smallest absolute Gasteiger partial charge is 0.256 e. The molecule has 0 aliphatic heterocycles. The van der Waals surface area contributed by atoms with E-state index in [1.54, 1.807) is 0 Å². The van der Waals surface area contributed by atoms with Crippen molar-refractivity contribution in [3.05, 3.63) is 23.2 Å². The SMILES string of the molecule is FC(F)(F)C1(c2cnc(Cl)cn2)CC1. The Labute approximate surface area is 83.1 Å². The van der Waals surface area contributed by atoms with Crippen LogP contribution in [0.3, 0.4) is 0 Å². The first-order valence-corrected chi connectivity index (χ1v) is 4.38. The van der Waals surface area contributed by atoms with Gasteiger partial charge in [-0.15, -0.1) is 0 Å². The molecule has 0 aromatic carbocycles. The molecule has 0 amide bonds. The van der Waals surface area contributed by atoms with Gasteiger partial charge in [-0.25, -0.2) is 4.98 Å². The number of halogens is 4. The van der Waals surface area contributed by atoms with E-state index < -0.39 is 11.6 Å². The Morgan fingerprint density at radius 3 is 2.21 bits per heavy atom. The summed E-state index contributed by atoms with van der Waals surface area (Å²) in [6.45, 7) is 0.